The summed E-state index contributed by atoms with van der Waals surface area (Å²) in [5.41, 5.74) is 3.40. The van der Waals surface area contributed by atoms with Gasteiger partial charge in [0.05, 0.1) is 11.6 Å². The molecule has 0 radical (unpaired) electrons. The number of carbonyl (C=O) groups is 1. The molecule has 0 fully saturated rings. The zero-order valence-electron chi connectivity index (χ0n) is 14.8. The topological polar surface area (TPSA) is 29.1 Å². The van der Waals surface area contributed by atoms with Gasteiger partial charge in [0.15, 0.2) is 0 Å². The molecule has 0 saturated heterocycles. The molecular weight excluding hydrogens is 302 g/mol. The molecule has 0 aliphatic rings. The third-order valence-corrected chi connectivity index (χ3v) is 5.24. The molecule has 1 atom stereocenters. The summed E-state index contributed by atoms with van der Waals surface area (Å²) in [7, 11) is 0. The lowest BCUT2D eigenvalue weighted by atomic mass is 9.86. The summed E-state index contributed by atoms with van der Waals surface area (Å²) >= 11 is 1.65. The molecule has 0 aliphatic carbocycles. The van der Waals surface area contributed by atoms with Crippen molar-refractivity contribution < 1.29 is 4.79 Å². The van der Waals surface area contributed by atoms with Crippen molar-refractivity contribution in [1.82, 2.24) is 5.32 Å². The maximum absolute atomic E-state index is 12.4. The number of hydrogen-bond acceptors (Lipinski definition) is 2. The highest BCUT2D eigenvalue weighted by molar-refractivity contribution is 7.10. The summed E-state index contributed by atoms with van der Waals surface area (Å²) in [4.78, 5) is 13.7. The van der Waals surface area contributed by atoms with Gasteiger partial charge in [-0.2, -0.15) is 0 Å². The summed E-state index contributed by atoms with van der Waals surface area (Å²) < 4.78 is 0. The van der Waals surface area contributed by atoms with Gasteiger partial charge in [0.25, 0.3) is 5.91 Å². The normalized spacial score (nSPS) is 12.9. The van der Waals surface area contributed by atoms with Gasteiger partial charge in [-0.1, -0.05) is 58.9 Å². The molecule has 2 nitrogen and oxygen atoms in total. The Balaban J connectivity index is 2.11. The minimum absolute atomic E-state index is 0.0210. The van der Waals surface area contributed by atoms with Crippen LogP contribution in [0.3, 0.4) is 0 Å². The third kappa shape index (κ3) is 4.44. The van der Waals surface area contributed by atoms with E-state index in [0.29, 0.717) is 0 Å². The highest BCUT2D eigenvalue weighted by Crippen LogP contribution is 2.25. The van der Waals surface area contributed by atoms with Gasteiger partial charge in [0.2, 0.25) is 0 Å². The monoisotopic (exact) mass is 329 g/mol. The van der Waals surface area contributed by atoms with E-state index in [1.165, 1.54) is 16.0 Å². The number of hydrogen-bond donors (Lipinski definition) is 1. The predicted molar refractivity (Wildman–Crippen MR) is 99.3 cm³/mol. The molecule has 1 aromatic heterocycles. The number of amides is 1. The van der Waals surface area contributed by atoms with E-state index in [-0.39, 0.29) is 17.4 Å². The van der Waals surface area contributed by atoms with Crippen LogP contribution in [0.1, 0.15) is 73.4 Å². The molecule has 1 heterocycles. The summed E-state index contributed by atoms with van der Waals surface area (Å²) in [6.07, 6.45) is 1.86. The number of thiophene rings is 1. The van der Waals surface area contributed by atoms with Crippen LogP contribution in [-0.4, -0.2) is 5.91 Å². The molecule has 1 amide bonds. The summed E-state index contributed by atoms with van der Waals surface area (Å²) in [6.45, 7) is 10.8. The Hall–Kier alpha value is -1.61. The Morgan fingerprint density at radius 2 is 1.83 bits per heavy atom. The quantitative estimate of drug-likeness (QED) is 0.772. The lowest BCUT2D eigenvalue weighted by Gasteiger charge is -2.21. The predicted octanol–water partition coefficient (Wildman–Crippen LogP) is 5.49. The van der Waals surface area contributed by atoms with Crippen LogP contribution in [0.5, 0.6) is 0 Å². The van der Waals surface area contributed by atoms with Crippen molar-refractivity contribution in [3.63, 3.8) is 0 Å². The lowest BCUT2D eigenvalue weighted by Crippen LogP contribution is -2.27. The van der Waals surface area contributed by atoms with Crippen molar-refractivity contribution in [2.24, 2.45) is 0 Å². The first-order chi connectivity index (χ1) is 10.8. The number of aryl methyl sites for hydroxylation is 1. The first kappa shape index (κ1) is 17.7. The fraction of sp³-hybridized carbons (Fsp3) is 0.450. The van der Waals surface area contributed by atoms with Gasteiger partial charge >= 0.3 is 0 Å². The van der Waals surface area contributed by atoms with E-state index < -0.39 is 0 Å². The first-order valence-corrected chi connectivity index (χ1v) is 9.21. The minimum atomic E-state index is 0.0210. The zero-order chi connectivity index (χ0) is 17.0. The second-order valence-electron chi connectivity index (χ2n) is 6.96. The number of nitrogens with one attached hydrogen (secondary N) is 1. The Morgan fingerprint density at radius 3 is 2.30 bits per heavy atom. The number of carbonyl (C=O) groups excluding carboxylic acids is 1. The highest BCUT2D eigenvalue weighted by atomic mass is 32.1. The molecule has 0 unspecified atom stereocenters. The maximum atomic E-state index is 12.4. The summed E-state index contributed by atoms with van der Waals surface area (Å²) in [5.74, 6) is 0.0210. The van der Waals surface area contributed by atoms with E-state index in [1.54, 1.807) is 11.3 Å². The fourth-order valence-electron chi connectivity index (χ4n) is 2.56. The van der Waals surface area contributed by atoms with Crippen molar-refractivity contribution in [1.29, 1.82) is 0 Å². The first-order valence-electron chi connectivity index (χ1n) is 8.33. The smallest absolute Gasteiger partial charge is 0.252 e. The van der Waals surface area contributed by atoms with Crippen LogP contribution in [0.4, 0.5) is 0 Å². The van der Waals surface area contributed by atoms with E-state index in [4.69, 9.17) is 0 Å². The van der Waals surface area contributed by atoms with Crippen molar-refractivity contribution in [2.45, 2.75) is 58.9 Å². The van der Waals surface area contributed by atoms with Crippen molar-refractivity contribution in [3.8, 4) is 0 Å². The van der Waals surface area contributed by atoms with Crippen LogP contribution in [0, 0.1) is 0 Å². The Morgan fingerprint density at radius 1 is 1.17 bits per heavy atom. The van der Waals surface area contributed by atoms with Crippen molar-refractivity contribution >= 4 is 17.2 Å². The molecule has 0 bridgehead atoms. The second-order valence-corrected chi connectivity index (χ2v) is 7.96. The molecule has 3 heteroatoms. The van der Waals surface area contributed by atoms with Gasteiger partial charge in [0.1, 0.15) is 0 Å². The SMILES string of the molecule is CCc1cc(C(=O)N[C@H](CC)c2ccc(C(C)(C)C)cc2)cs1. The van der Waals surface area contributed by atoms with Gasteiger partial charge in [0, 0.05) is 10.3 Å². The average molecular weight is 330 g/mol. The molecule has 0 saturated carbocycles. The molecular formula is C20H27NOS. The molecule has 0 aliphatic heterocycles. The molecule has 1 aromatic carbocycles. The van der Waals surface area contributed by atoms with E-state index >= 15 is 0 Å². The summed E-state index contributed by atoms with van der Waals surface area (Å²) in [6, 6.07) is 10.7. The van der Waals surface area contributed by atoms with Crippen LogP contribution in [0.2, 0.25) is 0 Å². The standard InChI is InChI=1S/C20H27NOS/c1-6-17-12-15(13-23-17)19(22)21-18(7-2)14-8-10-16(11-9-14)20(3,4)5/h8-13,18H,6-7H2,1-5H3,(H,21,22)/t18-/m1/s1. The Bertz CT molecular complexity index is 649. The van der Waals surface area contributed by atoms with E-state index in [2.05, 4.69) is 64.2 Å². The molecule has 2 aromatic rings. The molecule has 1 N–H and O–H groups in total. The van der Waals surface area contributed by atoms with Crippen LogP contribution in [0.15, 0.2) is 35.7 Å². The maximum Gasteiger partial charge on any atom is 0.252 e. The van der Waals surface area contributed by atoms with Gasteiger partial charge in [-0.05, 0) is 35.4 Å². The van der Waals surface area contributed by atoms with E-state index in [1.807, 2.05) is 11.4 Å². The molecule has 23 heavy (non-hydrogen) atoms. The molecule has 2 rings (SSSR count). The minimum Gasteiger partial charge on any atom is -0.345 e. The van der Waals surface area contributed by atoms with Gasteiger partial charge in [-0.25, -0.2) is 0 Å². The van der Waals surface area contributed by atoms with Crippen molar-refractivity contribution in [3.05, 3.63) is 57.3 Å². The van der Waals surface area contributed by atoms with Gasteiger partial charge in [-0.3, -0.25) is 4.79 Å². The molecule has 0 spiro atoms. The summed E-state index contributed by atoms with van der Waals surface area (Å²) in [5, 5.41) is 5.11. The number of benzene rings is 1. The van der Waals surface area contributed by atoms with Crippen molar-refractivity contribution in [2.75, 3.05) is 0 Å². The Kier molecular flexibility index (Phi) is 5.64. The largest absolute Gasteiger partial charge is 0.345 e. The van der Waals surface area contributed by atoms with Crippen LogP contribution in [-0.2, 0) is 11.8 Å². The third-order valence-electron chi connectivity index (χ3n) is 4.16. The molecule has 124 valence electrons. The van der Waals surface area contributed by atoms with E-state index in [0.717, 1.165) is 18.4 Å². The average Bonchev–Trinajstić information content (AvgIpc) is 3.01. The highest BCUT2D eigenvalue weighted by Gasteiger charge is 2.17. The van der Waals surface area contributed by atoms with Crippen LogP contribution >= 0.6 is 11.3 Å². The number of rotatable bonds is 5. The fourth-order valence-corrected chi connectivity index (χ4v) is 3.38. The van der Waals surface area contributed by atoms with Gasteiger partial charge < -0.3 is 5.32 Å². The lowest BCUT2D eigenvalue weighted by molar-refractivity contribution is 0.0936. The second kappa shape index (κ2) is 7.31. The van der Waals surface area contributed by atoms with Gasteiger partial charge in [-0.15, -0.1) is 11.3 Å². The van der Waals surface area contributed by atoms with Crippen LogP contribution in [0.25, 0.3) is 0 Å². The van der Waals surface area contributed by atoms with Crippen LogP contribution < -0.4 is 5.32 Å². The van der Waals surface area contributed by atoms with E-state index in [9.17, 15) is 4.79 Å². The Labute approximate surface area is 143 Å². The zero-order valence-corrected chi connectivity index (χ0v) is 15.6.